The van der Waals surface area contributed by atoms with E-state index in [0.717, 1.165) is 17.1 Å². The minimum Gasteiger partial charge on any atom is -0.469 e. The van der Waals surface area contributed by atoms with Crippen LogP contribution in [0.3, 0.4) is 0 Å². The van der Waals surface area contributed by atoms with Gasteiger partial charge in [-0.05, 0) is 67.1 Å². The van der Waals surface area contributed by atoms with Gasteiger partial charge in [0.15, 0.2) is 5.78 Å². The van der Waals surface area contributed by atoms with Gasteiger partial charge in [0.1, 0.15) is 17.6 Å². The molecule has 0 unspecified atom stereocenters. The summed E-state index contributed by atoms with van der Waals surface area (Å²) in [6.45, 7) is 0. The first-order valence-corrected chi connectivity index (χ1v) is 11.8. The molecule has 2 atom stereocenters. The zero-order valence-corrected chi connectivity index (χ0v) is 19.4. The quantitative estimate of drug-likeness (QED) is 0.348. The second-order valence-electron chi connectivity index (χ2n) is 8.68. The van der Waals surface area contributed by atoms with Crippen molar-refractivity contribution in [2.75, 3.05) is 10.2 Å². The minimum absolute atomic E-state index is 0.0525. The topological polar surface area (TPSA) is 75.7 Å². The summed E-state index contributed by atoms with van der Waals surface area (Å²) in [5.74, 6) is 0.887. The molecule has 0 radical (unpaired) electrons. The molecule has 4 aromatic rings. The third kappa shape index (κ3) is 3.76. The first-order chi connectivity index (χ1) is 17.1. The number of anilines is 2. The number of Topliss-reactive ketones (excluding diaryl/α,β-unsaturated/α-hetero) is 1. The van der Waals surface area contributed by atoms with Gasteiger partial charge in [-0.25, -0.2) is 0 Å². The van der Waals surface area contributed by atoms with Crippen LogP contribution in [0.1, 0.15) is 46.7 Å². The van der Waals surface area contributed by atoms with Gasteiger partial charge in [-0.1, -0.05) is 23.7 Å². The Morgan fingerprint density at radius 3 is 2.31 bits per heavy atom. The molecule has 0 bridgehead atoms. The number of allylic oxidation sites excluding steroid dienone is 1. The average Bonchev–Trinajstić information content (AvgIpc) is 3.57. The molecule has 1 aliphatic heterocycles. The molecular formula is C28H21ClN2O4. The smallest absolute Gasteiger partial charge is 0.259 e. The van der Waals surface area contributed by atoms with Crippen LogP contribution >= 0.6 is 11.6 Å². The van der Waals surface area contributed by atoms with E-state index in [1.54, 1.807) is 53.8 Å². The predicted molar refractivity (Wildman–Crippen MR) is 132 cm³/mol. The number of carbonyl (C=O) groups excluding carboxylic acids is 2. The van der Waals surface area contributed by atoms with E-state index >= 15 is 0 Å². The zero-order valence-electron chi connectivity index (χ0n) is 18.6. The number of nitrogens with one attached hydrogen (secondary N) is 1. The second-order valence-corrected chi connectivity index (χ2v) is 9.11. The third-order valence-corrected chi connectivity index (χ3v) is 6.81. The van der Waals surface area contributed by atoms with Gasteiger partial charge in [-0.15, -0.1) is 0 Å². The Bertz CT molecular complexity index is 1420. The highest BCUT2D eigenvalue weighted by Gasteiger charge is 2.43. The van der Waals surface area contributed by atoms with Gasteiger partial charge in [-0.2, -0.15) is 0 Å². The van der Waals surface area contributed by atoms with Crippen molar-refractivity contribution in [1.29, 1.82) is 0 Å². The zero-order chi connectivity index (χ0) is 23.9. The van der Waals surface area contributed by atoms with Crippen molar-refractivity contribution >= 4 is 34.7 Å². The molecule has 35 heavy (non-hydrogen) atoms. The van der Waals surface area contributed by atoms with Crippen molar-refractivity contribution in [3.05, 3.63) is 119 Å². The van der Waals surface area contributed by atoms with Crippen molar-refractivity contribution in [3.8, 4) is 0 Å². The summed E-state index contributed by atoms with van der Waals surface area (Å²) in [6, 6.07) is 20.9. The number of furan rings is 2. The molecule has 6 rings (SSSR count). The fourth-order valence-electron chi connectivity index (χ4n) is 4.99. The Morgan fingerprint density at radius 1 is 0.886 bits per heavy atom. The van der Waals surface area contributed by atoms with Crippen LogP contribution in [0.2, 0.25) is 5.02 Å². The highest BCUT2D eigenvalue weighted by molar-refractivity contribution is 6.30. The molecule has 174 valence electrons. The van der Waals surface area contributed by atoms with Gasteiger partial charge in [0.2, 0.25) is 0 Å². The monoisotopic (exact) mass is 484 g/mol. The number of hydrogen-bond acceptors (Lipinski definition) is 5. The lowest BCUT2D eigenvalue weighted by molar-refractivity contribution is -0.116. The standard InChI is InChI=1S/C28H21ClN2O4/c29-19-11-9-17(10-12-19)28(33)31-22-6-2-1-5-20(22)30-21-15-18(24-7-3-13-34-24)16-23(32)26(21)27(31)25-8-4-14-35-25/h1-14,18,27,30H,15-16H2/t18-,27-/m1/s1. The summed E-state index contributed by atoms with van der Waals surface area (Å²) >= 11 is 6.08. The number of nitrogens with zero attached hydrogens (tertiary/aromatic N) is 1. The van der Waals surface area contributed by atoms with Crippen molar-refractivity contribution in [2.24, 2.45) is 0 Å². The molecule has 0 saturated heterocycles. The van der Waals surface area contributed by atoms with Gasteiger partial charge in [0, 0.05) is 34.2 Å². The van der Waals surface area contributed by atoms with E-state index in [1.807, 2.05) is 36.4 Å². The molecule has 1 amide bonds. The minimum atomic E-state index is -0.732. The number of halogens is 1. The molecule has 0 spiro atoms. The van der Waals surface area contributed by atoms with Crippen molar-refractivity contribution in [1.82, 2.24) is 0 Å². The van der Waals surface area contributed by atoms with Crippen LogP contribution in [-0.4, -0.2) is 11.7 Å². The van der Waals surface area contributed by atoms with E-state index in [0.29, 0.717) is 34.0 Å². The van der Waals surface area contributed by atoms with Crippen molar-refractivity contribution < 1.29 is 18.4 Å². The van der Waals surface area contributed by atoms with Crippen LogP contribution in [0.25, 0.3) is 0 Å². The van der Waals surface area contributed by atoms with Gasteiger partial charge < -0.3 is 14.2 Å². The fraction of sp³-hybridized carbons (Fsp3) is 0.143. The number of rotatable bonds is 3. The van der Waals surface area contributed by atoms with E-state index in [-0.39, 0.29) is 24.0 Å². The Kier molecular flexibility index (Phi) is 5.30. The van der Waals surface area contributed by atoms with Gasteiger partial charge in [0.05, 0.1) is 23.9 Å². The molecule has 2 aliphatic rings. The number of benzene rings is 2. The largest absolute Gasteiger partial charge is 0.469 e. The number of ketones is 1. The Balaban J connectivity index is 1.55. The molecule has 0 fully saturated rings. The fourth-order valence-corrected chi connectivity index (χ4v) is 5.11. The maximum atomic E-state index is 14.0. The highest BCUT2D eigenvalue weighted by Crippen LogP contribution is 2.47. The average molecular weight is 485 g/mol. The van der Waals surface area contributed by atoms with Gasteiger partial charge in [-0.3, -0.25) is 14.5 Å². The molecule has 2 aromatic heterocycles. The van der Waals surface area contributed by atoms with E-state index < -0.39 is 6.04 Å². The highest BCUT2D eigenvalue weighted by atomic mass is 35.5. The van der Waals surface area contributed by atoms with E-state index in [9.17, 15) is 9.59 Å². The van der Waals surface area contributed by atoms with Crippen LogP contribution in [0.15, 0.2) is 105 Å². The molecular weight excluding hydrogens is 464 g/mol. The predicted octanol–water partition coefficient (Wildman–Crippen LogP) is 6.74. The van der Waals surface area contributed by atoms with E-state index in [4.69, 9.17) is 20.4 Å². The molecule has 3 heterocycles. The summed E-state index contributed by atoms with van der Waals surface area (Å²) in [7, 11) is 0. The van der Waals surface area contributed by atoms with Gasteiger partial charge in [0.25, 0.3) is 5.91 Å². The lowest BCUT2D eigenvalue weighted by Gasteiger charge is -2.33. The van der Waals surface area contributed by atoms with Crippen molar-refractivity contribution in [3.63, 3.8) is 0 Å². The van der Waals surface area contributed by atoms with Crippen LogP contribution in [0.5, 0.6) is 0 Å². The summed E-state index contributed by atoms with van der Waals surface area (Å²) in [6.07, 6.45) is 4.04. The van der Waals surface area contributed by atoms with Crippen LogP contribution < -0.4 is 10.2 Å². The SMILES string of the molecule is O=C1C[C@H](c2ccco2)CC2=C1[C@@H](c1ccco1)N(C(=O)c1ccc(Cl)cc1)c1ccccc1N2. The Hall–Kier alpha value is -4.03. The normalized spacial score (nSPS) is 19.6. The molecule has 2 aromatic carbocycles. The number of para-hydroxylation sites is 2. The molecule has 0 saturated carbocycles. The molecule has 7 heteroatoms. The van der Waals surface area contributed by atoms with Crippen LogP contribution in [-0.2, 0) is 4.79 Å². The van der Waals surface area contributed by atoms with Crippen molar-refractivity contribution in [2.45, 2.75) is 24.8 Å². The second kappa shape index (κ2) is 8.64. The number of carbonyl (C=O) groups is 2. The summed E-state index contributed by atoms with van der Waals surface area (Å²) in [5, 5.41) is 4.02. The van der Waals surface area contributed by atoms with Crippen LogP contribution in [0, 0.1) is 0 Å². The maximum absolute atomic E-state index is 14.0. The maximum Gasteiger partial charge on any atom is 0.259 e. The lowest BCUT2D eigenvalue weighted by Crippen LogP contribution is -2.38. The summed E-state index contributed by atoms with van der Waals surface area (Å²) < 4.78 is 11.5. The number of fused-ring (bicyclic) bond motifs is 1. The number of hydrogen-bond donors (Lipinski definition) is 1. The van der Waals surface area contributed by atoms with E-state index in [2.05, 4.69) is 5.32 Å². The van der Waals surface area contributed by atoms with E-state index in [1.165, 1.54) is 0 Å². The van der Waals surface area contributed by atoms with Gasteiger partial charge >= 0.3 is 0 Å². The first-order valence-electron chi connectivity index (χ1n) is 11.4. The Labute approximate surface area is 206 Å². The molecule has 1 N–H and O–H groups in total. The third-order valence-electron chi connectivity index (χ3n) is 6.56. The Morgan fingerprint density at radius 2 is 1.60 bits per heavy atom. The first kappa shape index (κ1) is 21.5. The lowest BCUT2D eigenvalue weighted by atomic mass is 9.81. The molecule has 6 nitrogen and oxygen atoms in total. The number of amides is 1. The van der Waals surface area contributed by atoms with Crippen LogP contribution in [0.4, 0.5) is 11.4 Å². The summed E-state index contributed by atoms with van der Waals surface area (Å²) in [5.41, 5.74) is 3.15. The molecule has 1 aliphatic carbocycles. The summed E-state index contributed by atoms with van der Waals surface area (Å²) in [4.78, 5) is 29.4.